The molecule has 1 saturated heterocycles. The van der Waals surface area contributed by atoms with Crippen LogP contribution in [0.1, 0.15) is 66.2 Å². The zero-order valence-electron chi connectivity index (χ0n) is 16.2. The number of nitrogens with zero attached hydrogens (tertiary/aromatic N) is 2. The Morgan fingerprint density at radius 3 is 2.90 bits per heavy atom. The monoisotopic (exact) mass is 414 g/mol. The van der Waals surface area contributed by atoms with Gasteiger partial charge in [-0.25, -0.2) is 4.98 Å². The van der Waals surface area contributed by atoms with Crippen LogP contribution in [0.3, 0.4) is 0 Å². The van der Waals surface area contributed by atoms with E-state index in [0.29, 0.717) is 30.0 Å². The molecule has 1 aromatic heterocycles. The van der Waals surface area contributed by atoms with Gasteiger partial charge in [0.05, 0.1) is 17.4 Å². The number of aromatic amines is 1. The van der Waals surface area contributed by atoms with Gasteiger partial charge >= 0.3 is 0 Å². The number of phenolic OH excluding ortho intramolecular Hbond substituents is 1. The number of hydrogen-bond donors (Lipinski definition) is 3. The molecule has 1 aliphatic heterocycles. The fraction of sp³-hybridized carbons (Fsp3) is 0.381. The quantitative estimate of drug-likeness (QED) is 0.711. The maximum atomic E-state index is 12.7. The molecule has 2 aromatic rings. The smallest absolute Gasteiger partial charge is 0.251 e. The molecule has 2 heterocycles. The lowest BCUT2D eigenvalue weighted by Crippen LogP contribution is -2.35. The highest BCUT2D eigenvalue weighted by Gasteiger charge is 2.24. The van der Waals surface area contributed by atoms with E-state index in [1.165, 1.54) is 6.07 Å². The number of carbonyl (C=O) groups is 2. The molecule has 0 spiro atoms. The van der Waals surface area contributed by atoms with Crippen LogP contribution >= 0.6 is 11.6 Å². The highest BCUT2D eigenvalue weighted by atomic mass is 35.5. The minimum atomic E-state index is -0.342. The SMILES string of the molecule is C[C@H](NC(=O)c1ccc(N2CCCCC2=O)c(O)c1)c1nc2c([nH]1)CCC(Cl)=C2. The molecule has 1 aliphatic carbocycles. The predicted molar refractivity (Wildman–Crippen MR) is 111 cm³/mol. The normalized spacial score (nSPS) is 17.5. The summed E-state index contributed by atoms with van der Waals surface area (Å²) < 4.78 is 0. The summed E-state index contributed by atoms with van der Waals surface area (Å²) >= 11 is 6.08. The van der Waals surface area contributed by atoms with Crippen LogP contribution in [0.4, 0.5) is 5.69 Å². The summed E-state index contributed by atoms with van der Waals surface area (Å²) in [5.74, 6) is 0.250. The Morgan fingerprint density at radius 2 is 2.14 bits per heavy atom. The summed E-state index contributed by atoms with van der Waals surface area (Å²) in [4.78, 5) is 34.1. The molecule has 0 radical (unpaired) electrons. The van der Waals surface area contributed by atoms with E-state index in [2.05, 4.69) is 15.3 Å². The minimum absolute atomic E-state index is 0.00619. The minimum Gasteiger partial charge on any atom is -0.506 e. The van der Waals surface area contributed by atoms with Gasteiger partial charge in [0.2, 0.25) is 5.91 Å². The van der Waals surface area contributed by atoms with Gasteiger partial charge in [-0.1, -0.05) is 11.6 Å². The van der Waals surface area contributed by atoms with E-state index in [9.17, 15) is 14.7 Å². The third-order valence-electron chi connectivity index (χ3n) is 5.35. The first kappa shape index (κ1) is 19.5. The Hall–Kier alpha value is -2.80. The van der Waals surface area contributed by atoms with E-state index >= 15 is 0 Å². The number of nitrogens with one attached hydrogen (secondary N) is 2. The lowest BCUT2D eigenvalue weighted by atomic mass is 10.1. The third kappa shape index (κ3) is 4.00. The Morgan fingerprint density at radius 1 is 1.31 bits per heavy atom. The standard InChI is InChI=1S/C21H23ClN4O3/c1-12(20-24-15-7-6-14(22)11-16(15)25-20)23-21(29)13-5-8-17(18(27)10-13)26-9-3-2-4-19(26)28/h5,8,10-12,27H,2-4,6-7,9H2,1H3,(H,23,29)(H,24,25)/t12-/m0/s1. The highest BCUT2D eigenvalue weighted by molar-refractivity contribution is 6.31. The van der Waals surface area contributed by atoms with Gasteiger partial charge in [-0.05, 0) is 56.9 Å². The average molecular weight is 415 g/mol. The lowest BCUT2D eigenvalue weighted by Gasteiger charge is -2.27. The van der Waals surface area contributed by atoms with Gasteiger partial charge in [0, 0.05) is 29.3 Å². The van der Waals surface area contributed by atoms with Crippen LogP contribution in [-0.4, -0.2) is 33.4 Å². The van der Waals surface area contributed by atoms with E-state index < -0.39 is 0 Å². The van der Waals surface area contributed by atoms with Crippen molar-refractivity contribution in [3.05, 3.63) is 46.0 Å². The summed E-state index contributed by atoms with van der Waals surface area (Å²) in [5, 5.41) is 14.0. The molecule has 152 valence electrons. The topological polar surface area (TPSA) is 98.3 Å². The largest absolute Gasteiger partial charge is 0.506 e. The number of rotatable bonds is 4. The second-order valence-corrected chi connectivity index (χ2v) is 7.96. The van der Waals surface area contributed by atoms with Crippen molar-refractivity contribution in [1.29, 1.82) is 0 Å². The molecular weight excluding hydrogens is 392 g/mol. The number of phenols is 1. The molecule has 1 atom stereocenters. The first-order valence-electron chi connectivity index (χ1n) is 9.81. The van der Waals surface area contributed by atoms with E-state index in [4.69, 9.17) is 11.6 Å². The molecular formula is C21H23ClN4O3. The molecule has 0 bridgehead atoms. The average Bonchev–Trinajstić information content (AvgIpc) is 3.12. The molecule has 0 saturated carbocycles. The van der Waals surface area contributed by atoms with E-state index in [1.54, 1.807) is 17.0 Å². The summed E-state index contributed by atoms with van der Waals surface area (Å²) in [5.41, 5.74) is 2.59. The highest BCUT2D eigenvalue weighted by Crippen LogP contribution is 2.31. The van der Waals surface area contributed by atoms with Crippen molar-refractivity contribution in [3.63, 3.8) is 0 Å². The Kier molecular flexibility index (Phi) is 5.32. The van der Waals surface area contributed by atoms with Gasteiger partial charge in [0.25, 0.3) is 5.91 Å². The number of hydrogen-bond acceptors (Lipinski definition) is 4. The van der Waals surface area contributed by atoms with Crippen LogP contribution in [0.2, 0.25) is 0 Å². The maximum absolute atomic E-state index is 12.7. The molecule has 29 heavy (non-hydrogen) atoms. The van der Waals surface area contributed by atoms with Crippen LogP contribution in [-0.2, 0) is 11.2 Å². The van der Waals surface area contributed by atoms with Crippen LogP contribution in [0.5, 0.6) is 5.75 Å². The number of piperidine rings is 1. The van der Waals surface area contributed by atoms with Crippen molar-refractivity contribution < 1.29 is 14.7 Å². The van der Waals surface area contributed by atoms with Crippen molar-refractivity contribution in [1.82, 2.24) is 15.3 Å². The van der Waals surface area contributed by atoms with Crippen molar-refractivity contribution in [2.45, 2.75) is 45.1 Å². The predicted octanol–water partition coefficient (Wildman–Crippen LogP) is 3.65. The zero-order valence-corrected chi connectivity index (χ0v) is 16.9. The number of allylic oxidation sites excluding steroid dienone is 1. The number of aromatic hydroxyl groups is 1. The second-order valence-electron chi connectivity index (χ2n) is 7.48. The Bertz CT molecular complexity index is 998. The number of benzene rings is 1. The number of halogens is 1. The third-order valence-corrected chi connectivity index (χ3v) is 5.64. The lowest BCUT2D eigenvalue weighted by molar-refractivity contribution is -0.119. The summed E-state index contributed by atoms with van der Waals surface area (Å²) in [7, 11) is 0. The van der Waals surface area contributed by atoms with Gasteiger partial charge in [0.15, 0.2) is 0 Å². The number of aromatic nitrogens is 2. The maximum Gasteiger partial charge on any atom is 0.251 e. The van der Waals surface area contributed by atoms with E-state index in [-0.39, 0.29) is 23.6 Å². The zero-order chi connectivity index (χ0) is 20.5. The molecule has 2 aliphatic rings. The number of anilines is 1. The molecule has 1 aromatic carbocycles. The summed E-state index contributed by atoms with van der Waals surface area (Å²) in [6.45, 7) is 2.42. The van der Waals surface area contributed by atoms with Crippen molar-refractivity contribution in [3.8, 4) is 5.75 Å². The summed E-state index contributed by atoms with van der Waals surface area (Å²) in [6, 6.07) is 4.30. The van der Waals surface area contributed by atoms with Crippen molar-refractivity contribution in [2.75, 3.05) is 11.4 Å². The number of H-pyrrole nitrogens is 1. The summed E-state index contributed by atoms with van der Waals surface area (Å²) in [6.07, 6.45) is 5.66. The van der Waals surface area contributed by atoms with Crippen LogP contribution in [0.25, 0.3) is 6.08 Å². The van der Waals surface area contributed by atoms with E-state index in [1.807, 2.05) is 13.0 Å². The number of aryl methyl sites for hydroxylation is 1. The van der Waals surface area contributed by atoms with Gasteiger partial charge in [-0.3, -0.25) is 9.59 Å². The first-order valence-corrected chi connectivity index (χ1v) is 10.2. The number of amides is 2. The molecule has 0 unspecified atom stereocenters. The van der Waals surface area contributed by atoms with E-state index in [0.717, 1.165) is 42.1 Å². The number of fused-ring (bicyclic) bond motifs is 1. The van der Waals surface area contributed by atoms with Crippen LogP contribution < -0.4 is 10.2 Å². The number of carbonyl (C=O) groups excluding carboxylic acids is 2. The molecule has 7 nitrogen and oxygen atoms in total. The van der Waals surface area contributed by atoms with Crippen LogP contribution in [0, 0.1) is 0 Å². The molecule has 1 fully saturated rings. The first-order chi connectivity index (χ1) is 13.9. The van der Waals surface area contributed by atoms with Gasteiger partial charge < -0.3 is 20.3 Å². The molecule has 2 amide bonds. The van der Waals surface area contributed by atoms with Crippen LogP contribution in [0.15, 0.2) is 23.2 Å². The molecule has 4 rings (SSSR count). The fourth-order valence-corrected chi connectivity index (χ4v) is 3.92. The van der Waals surface area contributed by atoms with Crippen molar-refractivity contribution >= 4 is 35.2 Å². The number of imidazole rings is 1. The fourth-order valence-electron chi connectivity index (χ4n) is 3.73. The molecule has 8 heteroatoms. The Labute approximate surface area is 173 Å². The Balaban J connectivity index is 1.47. The second kappa shape index (κ2) is 7.91. The van der Waals surface area contributed by atoms with Gasteiger partial charge in [0.1, 0.15) is 11.6 Å². The van der Waals surface area contributed by atoms with Gasteiger partial charge in [-0.15, -0.1) is 0 Å². The van der Waals surface area contributed by atoms with Crippen molar-refractivity contribution in [2.24, 2.45) is 0 Å². The van der Waals surface area contributed by atoms with Gasteiger partial charge in [-0.2, -0.15) is 0 Å². The molecule has 3 N–H and O–H groups in total.